The second-order valence-electron chi connectivity index (χ2n) is 8.12. The first-order valence-corrected chi connectivity index (χ1v) is 9.28. The maximum absolute atomic E-state index is 12.8. The van der Waals surface area contributed by atoms with Crippen molar-refractivity contribution in [2.24, 2.45) is 29.6 Å². The van der Waals surface area contributed by atoms with Crippen molar-refractivity contribution in [1.82, 2.24) is 10.2 Å². The number of hydrogen-bond donors (Lipinski definition) is 1. The lowest BCUT2D eigenvalue weighted by atomic mass is 9.51. The van der Waals surface area contributed by atoms with Gasteiger partial charge in [-0.25, -0.2) is 0 Å². The van der Waals surface area contributed by atoms with Crippen LogP contribution in [0.1, 0.15) is 39.0 Å². The van der Waals surface area contributed by atoms with Gasteiger partial charge in [0.25, 0.3) is 0 Å². The highest BCUT2D eigenvalue weighted by Gasteiger charge is 2.51. The number of nitrogens with zero attached hydrogens (tertiary/aromatic N) is 1. The summed E-state index contributed by atoms with van der Waals surface area (Å²) < 4.78 is 5.29. The van der Waals surface area contributed by atoms with E-state index in [9.17, 15) is 9.59 Å². The lowest BCUT2D eigenvalue weighted by Gasteiger charge is -2.53. The molecule has 0 radical (unpaired) electrons. The van der Waals surface area contributed by atoms with Gasteiger partial charge >= 0.3 is 0 Å². The summed E-state index contributed by atoms with van der Waals surface area (Å²) in [5.74, 6) is 3.19. The van der Waals surface area contributed by atoms with E-state index in [2.05, 4.69) is 5.32 Å². The van der Waals surface area contributed by atoms with E-state index >= 15 is 0 Å². The van der Waals surface area contributed by atoms with Gasteiger partial charge in [0.05, 0.1) is 13.2 Å². The Morgan fingerprint density at radius 3 is 2.13 bits per heavy atom. The van der Waals surface area contributed by atoms with Crippen molar-refractivity contribution in [3.8, 4) is 0 Å². The number of amides is 2. The van der Waals surface area contributed by atoms with E-state index in [0.717, 1.165) is 11.8 Å². The molecule has 1 saturated heterocycles. The van der Waals surface area contributed by atoms with Gasteiger partial charge in [0, 0.05) is 19.0 Å². The number of carbonyl (C=O) groups is 2. The summed E-state index contributed by atoms with van der Waals surface area (Å²) in [6.07, 6.45) is 6.33. The van der Waals surface area contributed by atoms with Gasteiger partial charge in [-0.3, -0.25) is 9.59 Å². The largest absolute Gasteiger partial charge is 0.378 e. The van der Waals surface area contributed by atoms with Crippen molar-refractivity contribution < 1.29 is 14.3 Å². The summed E-state index contributed by atoms with van der Waals surface area (Å²) in [4.78, 5) is 27.1. The standard InChI is InChI=1S/C18H28N2O3/c1-11(18(22)20-2-4-23-5-3-20)19-17(21)16-14-7-12-6-13(9-14)10-15(16)8-12/h11-16H,2-10H2,1H3,(H,19,21)/t11-,12?,13?,14?,15?,16?/m0/s1. The summed E-state index contributed by atoms with van der Waals surface area (Å²) in [7, 11) is 0. The lowest BCUT2D eigenvalue weighted by molar-refractivity contribution is -0.145. The fraction of sp³-hybridized carbons (Fsp3) is 0.889. The van der Waals surface area contributed by atoms with E-state index in [4.69, 9.17) is 4.74 Å². The number of ether oxygens (including phenoxy) is 1. The lowest BCUT2D eigenvalue weighted by Crippen LogP contribution is -2.55. The molecular formula is C18H28N2O3. The molecule has 5 rings (SSSR count). The normalized spacial score (nSPS) is 40.0. The maximum Gasteiger partial charge on any atom is 0.245 e. The quantitative estimate of drug-likeness (QED) is 0.856. The topological polar surface area (TPSA) is 58.6 Å². The van der Waals surface area contributed by atoms with Crippen molar-refractivity contribution in [3.05, 3.63) is 0 Å². The summed E-state index contributed by atoms with van der Waals surface area (Å²) in [6.45, 7) is 4.30. The third-order valence-electron chi connectivity index (χ3n) is 6.58. The Kier molecular flexibility index (Phi) is 4.08. The molecule has 1 atom stereocenters. The van der Waals surface area contributed by atoms with E-state index in [1.165, 1.54) is 32.1 Å². The molecule has 5 nitrogen and oxygen atoms in total. The first kappa shape index (κ1) is 15.4. The van der Waals surface area contributed by atoms with Gasteiger partial charge in [0.15, 0.2) is 0 Å². The fourth-order valence-electron chi connectivity index (χ4n) is 5.78. The molecule has 5 heteroatoms. The summed E-state index contributed by atoms with van der Waals surface area (Å²) >= 11 is 0. The Labute approximate surface area is 138 Å². The molecule has 4 saturated carbocycles. The van der Waals surface area contributed by atoms with Crippen molar-refractivity contribution in [2.75, 3.05) is 26.3 Å². The average Bonchev–Trinajstić information content (AvgIpc) is 2.54. The highest BCUT2D eigenvalue weighted by molar-refractivity contribution is 5.88. The SMILES string of the molecule is C[C@H](NC(=O)C1C2CC3CC(C2)CC1C3)C(=O)N1CCOCC1. The van der Waals surface area contributed by atoms with Gasteiger partial charge in [-0.2, -0.15) is 0 Å². The number of hydrogen-bond acceptors (Lipinski definition) is 3. The van der Waals surface area contributed by atoms with Gasteiger partial charge < -0.3 is 15.0 Å². The first-order chi connectivity index (χ1) is 11.1. The van der Waals surface area contributed by atoms with Crippen LogP contribution in [0.25, 0.3) is 0 Å². The molecule has 5 aliphatic rings. The Balaban J connectivity index is 1.37. The van der Waals surface area contributed by atoms with E-state index in [0.29, 0.717) is 38.1 Å². The molecule has 0 aromatic rings. The van der Waals surface area contributed by atoms with E-state index in [1.54, 1.807) is 0 Å². The van der Waals surface area contributed by atoms with Crippen molar-refractivity contribution in [2.45, 2.75) is 45.1 Å². The molecule has 1 heterocycles. The molecule has 4 bridgehead atoms. The first-order valence-electron chi connectivity index (χ1n) is 9.28. The molecule has 4 aliphatic carbocycles. The molecule has 1 N–H and O–H groups in total. The summed E-state index contributed by atoms with van der Waals surface area (Å²) in [5, 5.41) is 3.03. The molecule has 0 aromatic carbocycles. The number of nitrogens with one attached hydrogen (secondary N) is 1. The zero-order valence-electron chi connectivity index (χ0n) is 14.0. The Bertz CT molecular complexity index is 459. The van der Waals surface area contributed by atoms with Crippen molar-refractivity contribution in [1.29, 1.82) is 0 Å². The highest BCUT2D eigenvalue weighted by Crippen LogP contribution is 2.56. The van der Waals surface area contributed by atoms with Gasteiger partial charge in [-0.15, -0.1) is 0 Å². The zero-order chi connectivity index (χ0) is 16.0. The Hall–Kier alpha value is -1.10. The molecule has 1 aliphatic heterocycles. The molecule has 128 valence electrons. The Morgan fingerprint density at radius 2 is 1.57 bits per heavy atom. The fourth-order valence-corrected chi connectivity index (χ4v) is 5.78. The molecule has 23 heavy (non-hydrogen) atoms. The van der Waals surface area contributed by atoms with Crippen LogP contribution in [0.15, 0.2) is 0 Å². The Morgan fingerprint density at radius 1 is 1.00 bits per heavy atom. The van der Waals surface area contributed by atoms with Gasteiger partial charge in [0.2, 0.25) is 11.8 Å². The second-order valence-corrected chi connectivity index (χ2v) is 8.12. The monoisotopic (exact) mass is 320 g/mol. The van der Waals surface area contributed by atoms with Crippen LogP contribution in [-0.4, -0.2) is 49.1 Å². The van der Waals surface area contributed by atoms with Gasteiger partial charge in [0.1, 0.15) is 6.04 Å². The second kappa shape index (κ2) is 6.08. The van der Waals surface area contributed by atoms with Crippen LogP contribution in [0, 0.1) is 29.6 Å². The summed E-state index contributed by atoms with van der Waals surface area (Å²) in [6, 6.07) is -0.419. The minimum absolute atomic E-state index is 0.0328. The van der Waals surface area contributed by atoms with Crippen LogP contribution >= 0.6 is 0 Å². The summed E-state index contributed by atoms with van der Waals surface area (Å²) in [5.41, 5.74) is 0. The van der Waals surface area contributed by atoms with Gasteiger partial charge in [-0.05, 0) is 62.7 Å². The molecule has 2 amide bonds. The molecule has 0 unspecified atom stereocenters. The minimum Gasteiger partial charge on any atom is -0.378 e. The van der Waals surface area contributed by atoms with Crippen LogP contribution < -0.4 is 5.32 Å². The number of morpholine rings is 1. The van der Waals surface area contributed by atoms with Crippen LogP contribution in [0.2, 0.25) is 0 Å². The van der Waals surface area contributed by atoms with Crippen molar-refractivity contribution >= 4 is 11.8 Å². The van der Waals surface area contributed by atoms with Crippen LogP contribution in [0.3, 0.4) is 0 Å². The van der Waals surface area contributed by atoms with Crippen molar-refractivity contribution in [3.63, 3.8) is 0 Å². The average molecular weight is 320 g/mol. The number of carbonyl (C=O) groups excluding carboxylic acids is 2. The van der Waals surface area contributed by atoms with E-state index in [-0.39, 0.29) is 17.7 Å². The molecule has 5 fully saturated rings. The minimum atomic E-state index is -0.419. The predicted octanol–water partition coefficient (Wildman–Crippen LogP) is 1.42. The predicted molar refractivity (Wildman–Crippen MR) is 85.5 cm³/mol. The third kappa shape index (κ3) is 2.88. The zero-order valence-corrected chi connectivity index (χ0v) is 14.0. The van der Waals surface area contributed by atoms with Gasteiger partial charge in [-0.1, -0.05) is 0 Å². The van der Waals surface area contributed by atoms with E-state index in [1.807, 2.05) is 11.8 Å². The molecular weight excluding hydrogens is 292 g/mol. The highest BCUT2D eigenvalue weighted by atomic mass is 16.5. The number of rotatable bonds is 3. The maximum atomic E-state index is 12.8. The molecule has 0 spiro atoms. The van der Waals surface area contributed by atoms with Crippen LogP contribution in [-0.2, 0) is 14.3 Å². The molecule has 0 aromatic heterocycles. The van der Waals surface area contributed by atoms with Crippen LogP contribution in [0.4, 0.5) is 0 Å². The van der Waals surface area contributed by atoms with E-state index < -0.39 is 6.04 Å². The van der Waals surface area contributed by atoms with Crippen LogP contribution in [0.5, 0.6) is 0 Å². The third-order valence-corrected chi connectivity index (χ3v) is 6.58. The smallest absolute Gasteiger partial charge is 0.245 e.